The van der Waals surface area contributed by atoms with Crippen LogP contribution in [0.3, 0.4) is 0 Å². The van der Waals surface area contributed by atoms with Crippen LogP contribution in [0.15, 0.2) is 41.0 Å². The molecule has 0 aliphatic rings. The Balaban J connectivity index is 2.08. The van der Waals surface area contributed by atoms with Crippen molar-refractivity contribution >= 4 is 21.6 Å². The van der Waals surface area contributed by atoms with Crippen molar-refractivity contribution in [3.8, 4) is 11.6 Å². The second-order valence-electron chi connectivity index (χ2n) is 4.66. The van der Waals surface area contributed by atoms with Crippen LogP contribution < -0.4 is 10.1 Å². The standard InChI is InChI=1S/C15H17BrN2O2/c1-10(2)20-15-13(4-3-7-17-15)18-9-11-5-6-14(19)12(16)8-11/h3-8,10,18-19H,9H2,1-2H3. The number of hydrogen-bond donors (Lipinski definition) is 2. The van der Waals surface area contributed by atoms with Crippen LogP contribution in [-0.2, 0) is 6.54 Å². The van der Waals surface area contributed by atoms with Crippen molar-refractivity contribution in [2.75, 3.05) is 5.32 Å². The molecule has 0 amide bonds. The van der Waals surface area contributed by atoms with Crippen molar-refractivity contribution in [2.45, 2.75) is 26.5 Å². The van der Waals surface area contributed by atoms with Crippen LogP contribution in [0.1, 0.15) is 19.4 Å². The van der Waals surface area contributed by atoms with Gasteiger partial charge in [0.25, 0.3) is 0 Å². The first-order chi connectivity index (χ1) is 9.56. The summed E-state index contributed by atoms with van der Waals surface area (Å²) in [5.74, 6) is 0.833. The number of anilines is 1. The van der Waals surface area contributed by atoms with Gasteiger partial charge in [0.15, 0.2) is 0 Å². The monoisotopic (exact) mass is 336 g/mol. The van der Waals surface area contributed by atoms with E-state index in [1.165, 1.54) is 0 Å². The lowest BCUT2D eigenvalue weighted by molar-refractivity contribution is 0.234. The molecule has 1 aromatic carbocycles. The fraction of sp³-hybridized carbons (Fsp3) is 0.267. The minimum Gasteiger partial charge on any atom is -0.507 e. The van der Waals surface area contributed by atoms with Crippen molar-refractivity contribution in [1.29, 1.82) is 0 Å². The first kappa shape index (κ1) is 14.7. The van der Waals surface area contributed by atoms with Crippen LogP contribution in [0.5, 0.6) is 11.6 Å². The zero-order valence-electron chi connectivity index (χ0n) is 11.4. The molecule has 2 aromatic rings. The van der Waals surface area contributed by atoms with Gasteiger partial charge in [0.2, 0.25) is 5.88 Å². The zero-order chi connectivity index (χ0) is 14.5. The van der Waals surface area contributed by atoms with Crippen molar-refractivity contribution in [1.82, 2.24) is 4.98 Å². The Bertz CT molecular complexity index is 588. The molecule has 2 N–H and O–H groups in total. The summed E-state index contributed by atoms with van der Waals surface area (Å²) in [7, 11) is 0. The van der Waals surface area contributed by atoms with Crippen LogP contribution in [0.4, 0.5) is 5.69 Å². The Labute approximate surface area is 126 Å². The number of ether oxygens (including phenoxy) is 1. The highest BCUT2D eigenvalue weighted by atomic mass is 79.9. The van der Waals surface area contributed by atoms with E-state index in [2.05, 4.69) is 26.2 Å². The number of aromatic nitrogens is 1. The van der Waals surface area contributed by atoms with Gasteiger partial charge in [0.05, 0.1) is 16.3 Å². The molecule has 5 heteroatoms. The summed E-state index contributed by atoms with van der Waals surface area (Å²) in [4.78, 5) is 4.23. The van der Waals surface area contributed by atoms with E-state index in [4.69, 9.17) is 4.74 Å². The average molecular weight is 337 g/mol. The molecule has 106 valence electrons. The number of hydrogen-bond acceptors (Lipinski definition) is 4. The van der Waals surface area contributed by atoms with E-state index >= 15 is 0 Å². The van der Waals surface area contributed by atoms with E-state index in [-0.39, 0.29) is 11.9 Å². The average Bonchev–Trinajstić information content (AvgIpc) is 2.41. The van der Waals surface area contributed by atoms with Crippen LogP contribution in [0.25, 0.3) is 0 Å². The largest absolute Gasteiger partial charge is 0.507 e. The summed E-state index contributed by atoms with van der Waals surface area (Å²) in [6.07, 6.45) is 1.79. The summed E-state index contributed by atoms with van der Waals surface area (Å²) >= 11 is 3.30. The van der Waals surface area contributed by atoms with Gasteiger partial charge in [-0.2, -0.15) is 0 Å². The van der Waals surface area contributed by atoms with Gasteiger partial charge >= 0.3 is 0 Å². The van der Waals surface area contributed by atoms with E-state index in [1.807, 2.05) is 38.1 Å². The maximum Gasteiger partial charge on any atom is 0.237 e. The molecule has 0 aliphatic carbocycles. The summed E-state index contributed by atoms with van der Waals surface area (Å²) < 4.78 is 6.34. The van der Waals surface area contributed by atoms with E-state index in [1.54, 1.807) is 12.3 Å². The van der Waals surface area contributed by atoms with Crippen molar-refractivity contribution in [3.05, 3.63) is 46.6 Å². The lowest BCUT2D eigenvalue weighted by atomic mass is 10.2. The van der Waals surface area contributed by atoms with Gasteiger partial charge in [-0.3, -0.25) is 0 Å². The Hall–Kier alpha value is -1.75. The van der Waals surface area contributed by atoms with Gasteiger partial charge in [-0.1, -0.05) is 6.07 Å². The SMILES string of the molecule is CC(C)Oc1ncccc1NCc1ccc(O)c(Br)c1. The highest BCUT2D eigenvalue weighted by Gasteiger charge is 2.07. The number of phenols is 1. The van der Waals surface area contributed by atoms with Crippen LogP contribution in [-0.4, -0.2) is 16.2 Å². The molecular formula is C15H17BrN2O2. The topological polar surface area (TPSA) is 54.4 Å². The third-order valence-corrected chi connectivity index (χ3v) is 3.25. The normalized spacial score (nSPS) is 10.6. The van der Waals surface area contributed by atoms with Gasteiger partial charge in [-0.05, 0) is 59.6 Å². The Kier molecular flexibility index (Phi) is 4.84. The number of phenolic OH excluding ortho intramolecular Hbond substituents is 1. The summed E-state index contributed by atoms with van der Waals surface area (Å²) in [6, 6.07) is 9.20. The van der Waals surface area contributed by atoms with Crippen LogP contribution in [0, 0.1) is 0 Å². The van der Waals surface area contributed by atoms with E-state index in [0.717, 1.165) is 11.3 Å². The fourth-order valence-corrected chi connectivity index (χ4v) is 2.13. The van der Waals surface area contributed by atoms with Gasteiger partial charge in [0, 0.05) is 12.7 Å². The molecular weight excluding hydrogens is 320 g/mol. The second-order valence-corrected chi connectivity index (χ2v) is 5.52. The van der Waals surface area contributed by atoms with E-state index in [0.29, 0.717) is 16.9 Å². The molecule has 0 radical (unpaired) electrons. The number of aromatic hydroxyl groups is 1. The molecule has 0 saturated heterocycles. The molecule has 0 fully saturated rings. The van der Waals surface area contributed by atoms with Gasteiger partial charge in [0.1, 0.15) is 5.75 Å². The zero-order valence-corrected chi connectivity index (χ0v) is 13.0. The smallest absolute Gasteiger partial charge is 0.237 e. The van der Waals surface area contributed by atoms with Crippen molar-refractivity contribution in [3.63, 3.8) is 0 Å². The molecule has 0 bridgehead atoms. The Morgan fingerprint density at radius 3 is 2.85 bits per heavy atom. The molecule has 4 nitrogen and oxygen atoms in total. The summed E-state index contributed by atoms with van der Waals surface area (Å²) in [6.45, 7) is 4.56. The maximum atomic E-state index is 9.47. The molecule has 0 aliphatic heterocycles. The van der Waals surface area contributed by atoms with Crippen molar-refractivity contribution < 1.29 is 9.84 Å². The number of benzene rings is 1. The quantitative estimate of drug-likeness (QED) is 0.867. The van der Waals surface area contributed by atoms with Crippen LogP contribution >= 0.6 is 15.9 Å². The Morgan fingerprint density at radius 2 is 2.15 bits per heavy atom. The van der Waals surface area contributed by atoms with Gasteiger partial charge in [-0.25, -0.2) is 4.98 Å². The minimum atomic E-state index is 0.0771. The van der Waals surface area contributed by atoms with E-state index in [9.17, 15) is 5.11 Å². The minimum absolute atomic E-state index is 0.0771. The first-order valence-electron chi connectivity index (χ1n) is 6.39. The number of halogens is 1. The Morgan fingerprint density at radius 1 is 1.35 bits per heavy atom. The van der Waals surface area contributed by atoms with Gasteiger partial charge < -0.3 is 15.2 Å². The molecule has 0 atom stereocenters. The van der Waals surface area contributed by atoms with Crippen molar-refractivity contribution in [2.24, 2.45) is 0 Å². The number of rotatable bonds is 5. The highest BCUT2D eigenvalue weighted by Crippen LogP contribution is 2.26. The second kappa shape index (κ2) is 6.61. The van der Waals surface area contributed by atoms with Gasteiger partial charge in [-0.15, -0.1) is 0 Å². The predicted octanol–water partition coefficient (Wildman–Crippen LogP) is 3.95. The van der Waals surface area contributed by atoms with E-state index < -0.39 is 0 Å². The lowest BCUT2D eigenvalue weighted by Crippen LogP contribution is -2.10. The lowest BCUT2D eigenvalue weighted by Gasteiger charge is -2.14. The molecule has 0 saturated carbocycles. The summed E-state index contributed by atoms with van der Waals surface area (Å²) in [5, 5.41) is 12.8. The molecule has 0 unspecified atom stereocenters. The number of pyridine rings is 1. The molecule has 0 spiro atoms. The number of nitrogens with one attached hydrogen (secondary N) is 1. The predicted molar refractivity (Wildman–Crippen MR) is 83.1 cm³/mol. The summed E-state index contributed by atoms with van der Waals surface area (Å²) in [5.41, 5.74) is 1.90. The number of nitrogens with zero attached hydrogens (tertiary/aromatic N) is 1. The highest BCUT2D eigenvalue weighted by molar-refractivity contribution is 9.10. The first-order valence-corrected chi connectivity index (χ1v) is 7.18. The molecule has 1 heterocycles. The third-order valence-electron chi connectivity index (χ3n) is 2.61. The third kappa shape index (κ3) is 3.87. The molecule has 2 rings (SSSR count). The molecule has 20 heavy (non-hydrogen) atoms. The van der Waals surface area contributed by atoms with Crippen LogP contribution in [0.2, 0.25) is 0 Å². The fourth-order valence-electron chi connectivity index (χ4n) is 1.70. The maximum absolute atomic E-state index is 9.47. The molecule has 1 aromatic heterocycles.